The van der Waals surface area contributed by atoms with Crippen LogP contribution in [-0.4, -0.2) is 41.3 Å². The third kappa shape index (κ3) is 2.65. The van der Waals surface area contributed by atoms with Gasteiger partial charge in [-0.05, 0) is 31.4 Å². The molecule has 4 nitrogen and oxygen atoms in total. The van der Waals surface area contributed by atoms with E-state index in [9.17, 15) is 8.78 Å². The number of alkyl halides is 2. The summed E-state index contributed by atoms with van der Waals surface area (Å²) in [5.41, 5.74) is -0.924. The number of nitrogens with one attached hydrogen (secondary N) is 1. The second kappa shape index (κ2) is 4.83. The summed E-state index contributed by atoms with van der Waals surface area (Å²) in [7, 11) is 0. The molecule has 1 aliphatic carbocycles. The van der Waals surface area contributed by atoms with E-state index in [1.807, 2.05) is 4.90 Å². The topological polar surface area (TPSA) is 41.0 Å². The molecule has 1 aromatic heterocycles. The van der Waals surface area contributed by atoms with Crippen LogP contribution < -0.4 is 10.2 Å². The van der Waals surface area contributed by atoms with Crippen LogP contribution in [0.1, 0.15) is 19.3 Å². The molecular weight excluding hydrogens is 274 g/mol. The van der Waals surface area contributed by atoms with Gasteiger partial charge in [0, 0.05) is 19.1 Å². The van der Waals surface area contributed by atoms with Crippen LogP contribution in [0.15, 0.2) is 12.1 Å². The number of halogens is 3. The van der Waals surface area contributed by atoms with Crippen molar-refractivity contribution < 1.29 is 8.78 Å². The summed E-state index contributed by atoms with van der Waals surface area (Å²) in [6.07, 6.45) is -0.292. The fourth-order valence-corrected chi connectivity index (χ4v) is 2.63. The van der Waals surface area contributed by atoms with E-state index >= 15 is 0 Å². The standard InChI is InChI=1S/C12H15ClF2N4/c13-9-1-2-10(18-17-9)19-6-3-8(7-19)16-12(4-5-12)11(14)15/h1-2,8,11,16H,3-7H2. The number of anilines is 1. The van der Waals surface area contributed by atoms with Gasteiger partial charge in [-0.1, -0.05) is 11.6 Å². The molecule has 0 amide bonds. The van der Waals surface area contributed by atoms with Crippen molar-refractivity contribution in [2.24, 2.45) is 0 Å². The van der Waals surface area contributed by atoms with E-state index in [2.05, 4.69) is 15.5 Å². The van der Waals surface area contributed by atoms with Crippen molar-refractivity contribution in [2.75, 3.05) is 18.0 Å². The highest BCUT2D eigenvalue weighted by molar-refractivity contribution is 6.29. The zero-order valence-corrected chi connectivity index (χ0v) is 11.1. The molecule has 7 heteroatoms. The highest BCUT2D eigenvalue weighted by Crippen LogP contribution is 2.42. The first-order valence-electron chi connectivity index (χ1n) is 6.39. The van der Waals surface area contributed by atoms with Crippen LogP contribution in [0.5, 0.6) is 0 Å². The second-order valence-electron chi connectivity index (χ2n) is 5.25. The zero-order valence-electron chi connectivity index (χ0n) is 10.3. The van der Waals surface area contributed by atoms with Crippen LogP contribution in [0.2, 0.25) is 5.15 Å². The molecule has 1 aromatic rings. The molecule has 0 radical (unpaired) electrons. The molecule has 1 atom stereocenters. The quantitative estimate of drug-likeness (QED) is 0.921. The maximum Gasteiger partial charge on any atom is 0.256 e. The SMILES string of the molecule is FC(F)C1(NC2CCN(c3ccc(Cl)nn3)C2)CC1. The molecule has 3 rings (SSSR count). The Morgan fingerprint density at radius 2 is 2.16 bits per heavy atom. The fourth-order valence-electron chi connectivity index (χ4n) is 2.53. The smallest absolute Gasteiger partial charge is 0.256 e. The lowest BCUT2D eigenvalue weighted by molar-refractivity contribution is 0.0802. The van der Waals surface area contributed by atoms with Gasteiger partial charge in [-0.2, -0.15) is 0 Å². The fraction of sp³-hybridized carbons (Fsp3) is 0.667. The predicted octanol–water partition coefficient (Wildman–Crippen LogP) is 2.10. The van der Waals surface area contributed by atoms with Gasteiger partial charge in [0.15, 0.2) is 11.0 Å². The third-order valence-electron chi connectivity index (χ3n) is 3.83. The normalized spacial score (nSPS) is 25.1. The summed E-state index contributed by atoms with van der Waals surface area (Å²) in [5.74, 6) is 0.746. The van der Waals surface area contributed by atoms with Crippen LogP contribution in [0, 0.1) is 0 Å². The van der Waals surface area contributed by atoms with Gasteiger partial charge in [-0.25, -0.2) is 8.78 Å². The Balaban J connectivity index is 1.60. The molecule has 2 heterocycles. The lowest BCUT2D eigenvalue weighted by Gasteiger charge is -2.22. The van der Waals surface area contributed by atoms with Crippen LogP contribution in [-0.2, 0) is 0 Å². The molecule has 1 saturated carbocycles. The highest BCUT2D eigenvalue weighted by atomic mass is 35.5. The first-order valence-corrected chi connectivity index (χ1v) is 6.77. The van der Waals surface area contributed by atoms with Crippen molar-refractivity contribution in [3.05, 3.63) is 17.3 Å². The highest BCUT2D eigenvalue weighted by Gasteiger charge is 2.52. The van der Waals surface area contributed by atoms with E-state index in [4.69, 9.17) is 11.6 Å². The van der Waals surface area contributed by atoms with Crippen molar-refractivity contribution in [3.63, 3.8) is 0 Å². The van der Waals surface area contributed by atoms with Crippen LogP contribution in [0.3, 0.4) is 0 Å². The zero-order chi connectivity index (χ0) is 13.5. The summed E-state index contributed by atoms with van der Waals surface area (Å²) in [5, 5.41) is 11.3. The molecule has 2 fully saturated rings. The van der Waals surface area contributed by atoms with Gasteiger partial charge in [0.05, 0.1) is 5.54 Å². The second-order valence-corrected chi connectivity index (χ2v) is 5.63. The Bertz CT molecular complexity index is 450. The van der Waals surface area contributed by atoms with E-state index < -0.39 is 12.0 Å². The number of rotatable bonds is 4. The summed E-state index contributed by atoms with van der Waals surface area (Å²) in [4.78, 5) is 2.04. The molecule has 1 unspecified atom stereocenters. The average Bonchev–Trinajstić information content (AvgIpc) is 3.02. The molecular formula is C12H15ClF2N4. The maximum atomic E-state index is 12.9. The van der Waals surface area contributed by atoms with Gasteiger partial charge in [0.1, 0.15) is 0 Å². The maximum absolute atomic E-state index is 12.9. The molecule has 0 bridgehead atoms. The largest absolute Gasteiger partial charge is 0.354 e. The van der Waals surface area contributed by atoms with Crippen molar-refractivity contribution >= 4 is 17.4 Å². The van der Waals surface area contributed by atoms with E-state index in [0.29, 0.717) is 24.5 Å². The predicted molar refractivity (Wildman–Crippen MR) is 68.8 cm³/mol. The van der Waals surface area contributed by atoms with E-state index in [1.54, 1.807) is 12.1 Å². The van der Waals surface area contributed by atoms with Gasteiger partial charge in [-0.15, -0.1) is 10.2 Å². The van der Waals surface area contributed by atoms with Crippen molar-refractivity contribution in [1.29, 1.82) is 0 Å². The molecule has 0 spiro atoms. The first-order chi connectivity index (χ1) is 9.09. The average molecular weight is 289 g/mol. The van der Waals surface area contributed by atoms with Crippen LogP contribution >= 0.6 is 11.6 Å². The minimum Gasteiger partial charge on any atom is -0.354 e. The van der Waals surface area contributed by atoms with Gasteiger partial charge >= 0.3 is 0 Å². The monoisotopic (exact) mass is 288 g/mol. The van der Waals surface area contributed by atoms with Crippen LogP contribution in [0.25, 0.3) is 0 Å². The third-order valence-corrected chi connectivity index (χ3v) is 4.03. The summed E-state index contributed by atoms with van der Waals surface area (Å²) in [6, 6.07) is 3.58. The molecule has 1 N–H and O–H groups in total. The lowest BCUT2D eigenvalue weighted by atomic mass is 10.2. The number of hydrogen-bond donors (Lipinski definition) is 1. The molecule has 2 aliphatic rings. The van der Waals surface area contributed by atoms with E-state index in [1.165, 1.54) is 0 Å². The Hall–Kier alpha value is -1.01. The first kappa shape index (κ1) is 13.0. The van der Waals surface area contributed by atoms with Gasteiger partial charge in [0.2, 0.25) is 0 Å². The van der Waals surface area contributed by atoms with Crippen molar-refractivity contribution in [3.8, 4) is 0 Å². The molecule has 1 saturated heterocycles. The molecule has 104 valence electrons. The van der Waals surface area contributed by atoms with Gasteiger partial charge < -0.3 is 10.2 Å². The summed E-state index contributed by atoms with van der Waals surface area (Å²) in [6.45, 7) is 1.48. The molecule has 1 aliphatic heterocycles. The Morgan fingerprint density at radius 3 is 2.74 bits per heavy atom. The Kier molecular flexibility index (Phi) is 3.30. The number of hydrogen-bond acceptors (Lipinski definition) is 4. The van der Waals surface area contributed by atoms with Crippen molar-refractivity contribution in [2.45, 2.75) is 37.3 Å². The lowest BCUT2D eigenvalue weighted by Crippen LogP contribution is -2.46. The van der Waals surface area contributed by atoms with E-state index in [-0.39, 0.29) is 6.04 Å². The molecule has 19 heavy (non-hydrogen) atoms. The van der Waals surface area contributed by atoms with E-state index in [0.717, 1.165) is 18.8 Å². The minimum atomic E-state index is -2.28. The van der Waals surface area contributed by atoms with Crippen LogP contribution in [0.4, 0.5) is 14.6 Å². The Morgan fingerprint density at radius 1 is 1.37 bits per heavy atom. The molecule has 0 aromatic carbocycles. The summed E-state index contributed by atoms with van der Waals surface area (Å²) < 4.78 is 25.8. The van der Waals surface area contributed by atoms with Crippen molar-refractivity contribution in [1.82, 2.24) is 15.5 Å². The van der Waals surface area contributed by atoms with Gasteiger partial charge in [0.25, 0.3) is 6.43 Å². The Labute approximate surface area is 115 Å². The minimum absolute atomic E-state index is 0.0916. The number of aromatic nitrogens is 2. The number of nitrogens with zero attached hydrogens (tertiary/aromatic N) is 3. The summed E-state index contributed by atoms with van der Waals surface area (Å²) >= 11 is 5.69. The van der Waals surface area contributed by atoms with Gasteiger partial charge in [-0.3, -0.25) is 0 Å².